The fourth-order valence-corrected chi connectivity index (χ4v) is 7.65. The number of aliphatic hydroxyl groups excluding tert-OH is 1. The van der Waals surface area contributed by atoms with E-state index in [-0.39, 0.29) is 36.4 Å². The number of rotatable bonds is 5. The monoisotopic (exact) mass is 504 g/mol. The fraction of sp³-hybridized carbons (Fsp3) is 0.704. The number of methoxy groups -OCH3 is 1. The van der Waals surface area contributed by atoms with Crippen LogP contribution in [0.5, 0.6) is 0 Å². The summed E-state index contributed by atoms with van der Waals surface area (Å²) in [5.74, 6) is -0.728. The fourth-order valence-electron chi connectivity index (χ4n) is 7.65. The highest BCUT2D eigenvalue weighted by Gasteiger charge is 2.70. The van der Waals surface area contributed by atoms with Crippen molar-refractivity contribution < 1.29 is 43.2 Å². The number of aliphatic hydroxyl groups is 1. The van der Waals surface area contributed by atoms with Crippen LogP contribution in [0.1, 0.15) is 59.8 Å². The maximum absolute atomic E-state index is 13.7. The van der Waals surface area contributed by atoms with Crippen LogP contribution in [0.4, 0.5) is 9.59 Å². The molecule has 198 valence electrons. The summed E-state index contributed by atoms with van der Waals surface area (Å²) in [4.78, 5) is 50.0. The van der Waals surface area contributed by atoms with Crippen molar-refractivity contribution in [2.24, 2.45) is 28.6 Å². The van der Waals surface area contributed by atoms with Gasteiger partial charge in [-0.25, -0.2) is 9.59 Å². The van der Waals surface area contributed by atoms with Crippen LogP contribution in [0.25, 0.3) is 0 Å². The molecule has 36 heavy (non-hydrogen) atoms. The highest BCUT2D eigenvalue weighted by molar-refractivity contribution is 6.01. The Morgan fingerprint density at radius 3 is 2.56 bits per heavy atom. The maximum atomic E-state index is 13.7. The average molecular weight is 505 g/mol. The molecular weight excluding hydrogens is 468 g/mol. The molecule has 0 aromatic rings. The molecule has 0 heterocycles. The summed E-state index contributed by atoms with van der Waals surface area (Å²) >= 11 is 0. The molecule has 4 aliphatic rings. The first-order chi connectivity index (χ1) is 16.9. The van der Waals surface area contributed by atoms with Crippen LogP contribution in [0.3, 0.4) is 0 Å². The van der Waals surface area contributed by atoms with Gasteiger partial charge in [0, 0.05) is 16.7 Å². The lowest BCUT2D eigenvalue weighted by Crippen LogP contribution is -2.63. The zero-order chi connectivity index (χ0) is 26.5. The molecule has 9 heteroatoms. The summed E-state index contributed by atoms with van der Waals surface area (Å²) in [6, 6.07) is 0. The molecule has 4 aliphatic carbocycles. The van der Waals surface area contributed by atoms with Crippen LogP contribution >= 0.6 is 0 Å². The molecule has 0 aromatic carbocycles. The Bertz CT molecular complexity index is 1010. The third-order valence-electron chi connectivity index (χ3n) is 9.14. The molecule has 1 N–H and O–H groups in total. The van der Waals surface area contributed by atoms with E-state index >= 15 is 0 Å². The Balaban J connectivity index is 1.67. The van der Waals surface area contributed by atoms with Gasteiger partial charge in [-0.1, -0.05) is 25.5 Å². The molecule has 0 spiro atoms. The summed E-state index contributed by atoms with van der Waals surface area (Å²) < 4.78 is 20.5. The Kier molecular flexibility index (Phi) is 6.83. The van der Waals surface area contributed by atoms with Crippen molar-refractivity contribution in [2.45, 2.75) is 77.6 Å². The molecule has 1 unspecified atom stereocenters. The average Bonchev–Trinajstić information content (AvgIpc) is 3.09. The number of ether oxygens (including phenoxy) is 4. The van der Waals surface area contributed by atoms with E-state index in [4.69, 9.17) is 18.9 Å². The zero-order valence-electron chi connectivity index (χ0n) is 21.6. The van der Waals surface area contributed by atoms with Crippen molar-refractivity contribution in [3.05, 3.63) is 23.8 Å². The minimum absolute atomic E-state index is 0.0356. The van der Waals surface area contributed by atoms with Gasteiger partial charge in [0.15, 0.2) is 18.0 Å². The van der Waals surface area contributed by atoms with E-state index in [1.807, 2.05) is 13.0 Å². The number of hydrogen-bond acceptors (Lipinski definition) is 9. The summed E-state index contributed by atoms with van der Waals surface area (Å²) in [6.07, 6.45) is 4.49. The number of carbonyl (C=O) groups excluding carboxylic acids is 4. The van der Waals surface area contributed by atoms with E-state index in [9.17, 15) is 24.3 Å². The molecular formula is C27H36O9. The van der Waals surface area contributed by atoms with E-state index in [2.05, 4.69) is 6.92 Å². The van der Waals surface area contributed by atoms with Gasteiger partial charge in [-0.3, -0.25) is 9.59 Å². The molecule has 9 nitrogen and oxygen atoms in total. The lowest BCUT2D eigenvalue weighted by atomic mass is 9.46. The van der Waals surface area contributed by atoms with Gasteiger partial charge in [0.25, 0.3) is 0 Å². The number of ketones is 2. The molecule has 0 saturated heterocycles. The van der Waals surface area contributed by atoms with Crippen molar-refractivity contribution in [1.29, 1.82) is 0 Å². The highest BCUT2D eigenvalue weighted by atomic mass is 16.7. The lowest BCUT2D eigenvalue weighted by molar-refractivity contribution is -0.183. The Morgan fingerprint density at radius 2 is 1.89 bits per heavy atom. The Morgan fingerprint density at radius 1 is 1.17 bits per heavy atom. The second kappa shape index (κ2) is 9.32. The van der Waals surface area contributed by atoms with E-state index < -0.39 is 53.3 Å². The third-order valence-corrected chi connectivity index (χ3v) is 9.14. The number of Topliss-reactive ketones (excluding diaryl/α,β-unsaturated/α-hetero) is 1. The first kappa shape index (κ1) is 26.4. The van der Waals surface area contributed by atoms with Crippen LogP contribution in [0.15, 0.2) is 23.8 Å². The lowest BCUT2D eigenvalue weighted by Gasteiger charge is -2.59. The maximum Gasteiger partial charge on any atom is 0.509 e. The van der Waals surface area contributed by atoms with Crippen molar-refractivity contribution in [3.8, 4) is 0 Å². The molecule has 0 aliphatic heterocycles. The van der Waals surface area contributed by atoms with Gasteiger partial charge in [0.05, 0.1) is 19.3 Å². The molecule has 3 saturated carbocycles. The van der Waals surface area contributed by atoms with Crippen LogP contribution in [0.2, 0.25) is 0 Å². The summed E-state index contributed by atoms with van der Waals surface area (Å²) in [6.45, 7) is 6.65. The Hall–Kier alpha value is -2.68. The van der Waals surface area contributed by atoms with Crippen molar-refractivity contribution >= 4 is 23.9 Å². The van der Waals surface area contributed by atoms with Gasteiger partial charge < -0.3 is 24.1 Å². The standard InChI is InChI=1S/C27H36O9/c1-15(2)35-24(32)34-14-21(30)27(36-23(31)33-5)11-9-19-18-7-6-16-12-17(28)8-10-25(16,3)22(18)20(29)13-26(19,27)4/h8,10,12,15,18-20,22,29H,6-7,9,11,13-14H2,1-5H3/t18-,19-,20?,22+,25-,26-,27-/m0/s1. The van der Waals surface area contributed by atoms with Gasteiger partial charge in [-0.05, 0) is 69.9 Å². The zero-order valence-corrected chi connectivity index (χ0v) is 21.6. The third kappa shape index (κ3) is 4.05. The normalized spacial score (nSPS) is 38.9. The number of fused-ring (bicyclic) bond motifs is 5. The smallest absolute Gasteiger partial charge is 0.438 e. The van der Waals surface area contributed by atoms with Gasteiger partial charge in [-0.15, -0.1) is 0 Å². The summed E-state index contributed by atoms with van der Waals surface area (Å²) in [5.41, 5.74) is -1.96. The van der Waals surface area contributed by atoms with Crippen LogP contribution < -0.4 is 0 Å². The van der Waals surface area contributed by atoms with Crippen molar-refractivity contribution in [3.63, 3.8) is 0 Å². The quantitative estimate of drug-likeness (QED) is 0.555. The van der Waals surface area contributed by atoms with E-state index in [1.165, 1.54) is 7.11 Å². The first-order valence-corrected chi connectivity index (χ1v) is 12.6. The SMILES string of the molecule is COC(=O)O[C@]1(C(=O)COC(=O)OC(C)C)CC[C@H]2[C@@H]3CCC4=CC(=O)C=C[C@]4(C)[C@H]3C(O)C[C@@]21C. The molecule has 0 radical (unpaired) electrons. The van der Waals surface area contributed by atoms with Crippen molar-refractivity contribution in [1.82, 2.24) is 0 Å². The van der Waals surface area contributed by atoms with Crippen molar-refractivity contribution in [2.75, 3.05) is 13.7 Å². The predicted octanol–water partition coefficient (Wildman–Crippen LogP) is 3.92. The first-order valence-electron chi connectivity index (χ1n) is 12.6. The Labute approximate surface area is 211 Å². The van der Waals surface area contributed by atoms with Crippen LogP contribution in [-0.4, -0.2) is 60.5 Å². The van der Waals surface area contributed by atoms with Crippen LogP contribution in [-0.2, 0) is 28.5 Å². The van der Waals surface area contributed by atoms with E-state index in [0.717, 1.165) is 18.4 Å². The molecule has 0 amide bonds. The number of allylic oxidation sites excluding steroid dienone is 4. The topological polar surface area (TPSA) is 125 Å². The largest absolute Gasteiger partial charge is 0.509 e. The van der Waals surface area contributed by atoms with Gasteiger partial charge in [0.1, 0.15) is 0 Å². The molecule has 3 fully saturated rings. The second-order valence-electron chi connectivity index (χ2n) is 11.3. The highest BCUT2D eigenvalue weighted by Crippen LogP contribution is 2.67. The number of carbonyl (C=O) groups is 4. The van der Waals surface area contributed by atoms with E-state index in [1.54, 1.807) is 26.0 Å². The summed E-state index contributed by atoms with van der Waals surface area (Å²) in [7, 11) is 1.17. The minimum atomic E-state index is -1.62. The predicted molar refractivity (Wildman–Crippen MR) is 127 cm³/mol. The number of hydrogen-bond donors (Lipinski definition) is 1. The second-order valence-corrected chi connectivity index (χ2v) is 11.3. The molecule has 4 rings (SSSR count). The van der Waals surface area contributed by atoms with E-state index in [0.29, 0.717) is 6.42 Å². The minimum Gasteiger partial charge on any atom is -0.438 e. The van der Waals surface area contributed by atoms with Gasteiger partial charge in [0.2, 0.25) is 5.78 Å². The summed E-state index contributed by atoms with van der Waals surface area (Å²) in [5, 5.41) is 11.6. The molecule has 0 aromatic heterocycles. The van der Waals surface area contributed by atoms with Crippen LogP contribution in [0, 0.1) is 28.6 Å². The van der Waals surface area contributed by atoms with Gasteiger partial charge in [-0.2, -0.15) is 0 Å². The van der Waals surface area contributed by atoms with Gasteiger partial charge >= 0.3 is 12.3 Å². The molecule has 0 bridgehead atoms. The molecule has 7 atom stereocenters.